The fourth-order valence-electron chi connectivity index (χ4n) is 4.72. The quantitative estimate of drug-likeness (QED) is 0.336. The predicted molar refractivity (Wildman–Crippen MR) is 157 cm³/mol. The van der Waals surface area contributed by atoms with Gasteiger partial charge in [0.05, 0.1) is 35.5 Å². The summed E-state index contributed by atoms with van der Waals surface area (Å²) >= 11 is 6.29. The van der Waals surface area contributed by atoms with Gasteiger partial charge in [0.15, 0.2) is 23.0 Å². The molecule has 1 fully saturated rings. The van der Waals surface area contributed by atoms with Crippen LogP contribution >= 0.6 is 11.6 Å². The van der Waals surface area contributed by atoms with Crippen LogP contribution in [0.5, 0.6) is 28.7 Å². The molecule has 0 spiro atoms. The molecule has 0 aromatic heterocycles. The number of carbonyl (C=O) groups excluding carboxylic acids is 2. The maximum atomic E-state index is 13.5. The third-order valence-electron chi connectivity index (χ3n) is 6.89. The van der Waals surface area contributed by atoms with Crippen molar-refractivity contribution in [1.82, 2.24) is 9.80 Å². The Bertz CT molecular complexity index is 1420. The standard InChI is InChI=1S/C31H33ClN2O7/c1-37-25-10-9-21(16-26(25)38-2)24(20-7-6-8-23(32)15-20)19-29(35)33-11-13-34(14-12-33)31(36)22-17-27(39-3)30(41-5)28(18-22)40-4/h6-10,15-19H,11-14H2,1-5H3/b24-19-. The van der Waals surface area contributed by atoms with Crippen LogP contribution in [-0.4, -0.2) is 83.3 Å². The van der Waals surface area contributed by atoms with Crippen LogP contribution in [0.3, 0.4) is 0 Å². The minimum atomic E-state index is -0.183. The van der Waals surface area contributed by atoms with Gasteiger partial charge in [0.25, 0.3) is 5.91 Å². The molecule has 0 atom stereocenters. The van der Waals surface area contributed by atoms with Crippen LogP contribution < -0.4 is 23.7 Å². The van der Waals surface area contributed by atoms with Crippen molar-refractivity contribution in [3.63, 3.8) is 0 Å². The molecule has 3 aromatic rings. The van der Waals surface area contributed by atoms with Gasteiger partial charge in [-0.3, -0.25) is 9.59 Å². The van der Waals surface area contributed by atoms with E-state index >= 15 is 0 Å². The zero-order valence-corrected chi connectivity index (χ0v) is 24.5. The second kappa shape index (κ2) is 13.3. The summed E-state index contributed by atoms with van der Waals surface area (Å²) in [4.78, 5) is 30.3. The highest BCUT2D eigenvalue weighted by Crippen LogP contribution is 2.38. The van der Waals surface area contributed by atoms with Crippen LogP contribution in [0.25, 0.3) is 5.57 Å². The Labute approximate surface area is 244 Å². The normalized spacial score (nSPS) is 13.5. The summed E-state index contributed by atoms with van der Waals surface area (Å²) in [5.41, 5.74) is 2.66. The lowest BCUT2D eigenvalue weighted by molar-refractivity contribution is -0.127. The van der Waals surface area contributed by atoms with Gasteiger partial charge in [0, 0.05) is 42.8 Å². The number of hydrogen-bond donors (Lipinski definition) is 0. The van der Waals surface area contributed by atoms with Crippen molar-refractivity contribution in [2.24, 2.45) is 0 Å². The second-order valence-corrected chi connectivity index (χ2v) is 9.61. The highest BCUT2D eigenvalue weighted by molar-refractivity contribution is 6.30. The second-order valence-electron chi connectivity index (χ2n) is 9.17. The lowest BCUT2D eigenvalue weighted by Crippen LogP contribution is -2.50. The molecule has 1 aliphatic rings. The molecule has 216 valence electrons. The van der Waals surface area contributed by atoms with Crippen molar-refractivity contribution in [2.45, 2.75) is 0 Å². The van der Waals surface area contributed by atoms with E-state index in [1.165, 1.54) is 21.3 Å². The molecular weight excluding hydrogens is 548 g/mol. The van der Waals surface area contributed by atoms with Gasteiger partial charge >= 0.3 is 0 Å². The van der Waals surface area contributed by atoms with E-state index in [0.717, 1.165) is 11.1 Å². The third-order valence-corrected chi connectivity index (χ3v) is 7.12. The van der Waals surface area contributed by atoms with E-state index in [0.29, 0.717) is 71.1 Å². The molecule has 1 heterocycles. The number of nitrogens with zero attached hydrogens (tertiary/aromatic N) is 2. The molecule has 0 bridgehead atoms. The molecule has 0 aliphatic carbocycles. The number of ether oxygens (including phenoxy) is 5. The van der Waals surface area contributed by atoms with Gasteiger partial charge in [-0.2, -0.15) is 0 Å². The largest absolute Gasteiger partial charge is 0.493 e. The first kappa shape index (κ1) is 29.6. The molecule has 0 unspecified atom stereocenters. The lowest BCUT2D eigenvalue weighted by atomic mass is 9.96. The number of piperazine rings is 1. The van der Waals surface area contributed by atoms with E-state index in [-0.39, 0.29) is 11.8 Å². The van der Waals surface area contributed by atoms with E-state index < -0.39 is 0 Å². The molecule has 1 aliphatic heterocycles. The highest BCUT2D eigenvalue weighted by Gasteiger charge is 2.26. The summed E-state index contributed by atoms with van der Waals surface area (Å²) in [6.07, 6.45) is 1.60. The number of rotatable bonds is 9. The molecule has 2 amide bonds. The Kier molecular flexibility index (Phi) is 9.62. The summed E-state index contributed by atoms with van der Waals surface area (Å²) in [5.74, 6) is 1.99. The van der Waals surface area contributed by atoms with Crippen LogP contribution in [-0.2, 0) is 4.79 Å². The Hall–Kier alpha value is -4.37. The average Bonchev–Trinajstić information content (AvgIpc) is 3.02. The zero-order chi connectivity index (χ0) is 29.5. The van der Waals surface area contributed by atoms with Gasteiger partial charge in [-0.25, -0.2) is 0 Å². The van der Waals surface area contributed by atoms with Gasteiger partial charge < -0.3 is 33.5 Å². The van der Waals surface area contributed by atoms with Crippen molar-refractivity contribution < 1.29 is 33.3 Å². The summed E-state index contributed by atoms with van der Waals surface area (Å²) in [6, 6.07) is 16.1. The summed E-state index contributed by atoms with van der Waals surface area (Å²) < 4.78 is 27.0. The molecule has 10 heteroatoms. The van der Waals surface area contributed by atoms with Crippen molar-refractivity contribution >= 4 is 29.0 Å². The number of halogens is 1. The number of amides is 2. The molecular formula is C31H33ClN2O7. The van der Waals surface area contributed by atoms with Crippen LogP contribution in [0.1, 0.15) is 21.5 Å². The maximum absolute atomic E-state index is 13.5. The predicted octanol–water partition coefficient (Wildman–Crippen LogP) is 4.80. The van der Waals surface area contributed by atoms with Crippen molar-refractivity contribution in [3.05, 3.63) is 82.4 Å². The molecule has 0 N–H and O–H groups in total. The first-order chi connectivity index (χ1) is 19.8. The van der Waals surface area contributed by atoms with Crippen LogP contribution in [0.15, 0.2) is 60.7 Å². The van der Waals surface area contributed by atoms with Crippen molar-refractivity contribution in [3.8, 4) is 28.7 Å². The fraction of sp³-hybridized carbons (Fsp3) is 0.290. The third kappa shape index (κ3) is 6.52. The average molecular weight is 581 g/mol. The monoisotopic (exact) mass is 580 g/mol. The molecule has 4 rings (SSSR count). The smallest absolute Gasteiger partial charge is 0.254 e. The molecule has 0 radical (unpaired) electrons. The van der Waals surface area contributed by atoms with Crippen LogP contribution in [0.4, 0.5) is 0 Å². The van der Waals surface area contributed by atoms with Crippen molar-refractivity contribution in [2.75, 3.05) is 61.7 Å². The maximum Gasteiger partial charge on any atom is 0.254 e. The van der Waals surface area contributed by atoms with E-state index in [9.17, 15) is 9.59 Å². The van der Waals surface area contributed by atoms with Crippen molar-refractivity contribution in [1.29, 1.82) is 0 Å². The van der Waals surface area contributed by atoms with Crippen LogP contribution in [0, 0.1) is 0 Å². The van der Waals surface area contributed by atoms with Gasteiger partial charge in [-0.05, 0) is 53.1 Å². The van der Waals surface area contributed by atoms with Crippen LogP contribution in [0.2, 0.25) is 5.02 Å². The number of hydrogen-bond acceptors (Lipinski definition) is 7. The van der Waals surface area contributed by atoms with E-state index in [2.05, 4.69) is 0 Å². The highest BCUT2D eigenvalue weighted by atomic mass is 35.5. The van der Waals surface area contributed by atoms with Gasteiger partial charge in [0.2, 0.25) is 11.7 Å². The Morgan fingerprint density at radius 1 is 0.659 bits per heavy atom. The molecule has 0 saturated carbocycles. The van der Waals surface area contributed by atoms with E-state index in [4.69, 9.17) is 35.3 Å². The fourth-order valence-corrected chi connectivity index (χ4v) is 4.92. The Morgan fingerprint density at radius 2 is 1.22 bits per heavy atom. The number of methoxy groups -OCH3 is 5. The minimum absolute atomic E-state index is 0.172. The molecule has 41 heavy (non-hydrogen) atoms. The Morgan fingerprint density at radius 3 is 1.78 bits per heavy atom. The molecule has 9 nitrogen and oxygen atoms in total. The Balaban J connectivity index is 1.55. The molecule has 1 saturated heterocycles. The van der Waals surface area contributed by atoms with E-state index in [1.807, 2.05) is 30.3 Å². The molecule has 3 aromatic carbocycles. The minimum Gasteiger partial charge on any atom is -0.493 e. The van der Waals surface area contributed by atoms with Gasteiger partial charge in [-0.1, -0.05) is 29.8 Å². The lowest BCUT2D eigenvalue weighted by Gasteiger charge is -2.34. The first-order valence-electron chi connectivity index (χ1n) is 12.9. The summed E-state index contributed by atoms with van der Waals surface area (Å²) in [6.45, 7) is 1.50. The van der Waals surface area contributed by atoms with Gasteiger partial charge in [0.1, 0.15) is 0 Å². The zero-order valence-electron chi connectivity index (χ0n) is 23.7. The topological polar surface area (TPSA) is 86.8 Å². The number of carbonyl (C=O) groups is 2. The number of benzene rings is 3. The van der Waals surface area contributed by atoms with E-state index in [1.54, 1.807) is 54.4 Å². The summed E-state index contributed by atoms with van der Waals surface area (Å²) in [5, 5.41) is 0.556. The summed E-state index contributed by atoms with van der Waals surface area (Å²) in [7, 11) is 7.65. The van der Waals surface area contributed by atoms with Gasteiger partial charge in [-0.15, -0.1) is 0 Å². The SMILES string of the molecule is COc1ccc(/C(=C\C(=O)N2CCN(C(=O)c3cc(OC)c(OC)c(OC)c3)CC2)c2cccc(Cl)c2)cc1OC. The first-order valence-corrected chi connectivity index (χ1v) is 13.3.